The summed E-state index contributed by atoms with van der Waals surface area (Å²) >= 11 is 0. The third-order valence-corrected chi connectivity index (χ3v) is 1.80. The Balaban J connectivity index is 0.000000292. The Bertz CT molecular complexity index is 149. The maximum atomic E-state index is 9.75. The molecule has 1 rings (SSSR count). The van der Waals surface area contributed by atoms with E-state index < -0.39 is 7.25 Å². The first-order valence-corrected chi connectivity index (χ1v) is 4.50. The summed E-state index contributed by atoms with van der Waals surface area (Å²) in [5.74, 6) is 0. The molecule has 0 aliphatic carbocycles. The number of hydrogen-bond donors (Lipinski definition) is 0. The standard InChI is InChI=1S/C7H15NO.BF4/c1-3-7-6-8(2)4-5-9-7;2-1(3,4)5/h7H,3-6H2,1-2H3;/q;-1. The first-order valence-electron chi connectivity index (χ1n) is 4.50. The summed E-state index contributed by atoms with van der Waals surface area (Å²) in [6.07, 6.45) is 1.63. The van der Waals surface area contributed by atoms with Crippen LogP contribution in [0, 0.1) is 0 Å². The van der Waals surface area contributed by atoms with Crippen molar-refractivity contribution in [1.82, 2.24) is 4.90 Å². The van der Waals surface area contributed by atoms with Crippen LogP contribution in [0.3, 0.4) is 0 Å². The smallest absolute Gasteiger partial charge is 0.418 e. The zero-order valence-electron chi connectivity index (χ0n) is 8.35. The molecule has 1 saturated heterocycles. The molecule has 7 heteroatoms. The molecule has 0 amide bonds. The van der Waals surface area contributed by atoms with Gasteiger partial charge in [-0.1, -0.05) is 6.92 Å². The Kier molecular flexibility index (Phi) is 6.11. The molecular weight excluding hydrogens is 201 g/mol. The van der Waals surface area contributed by atoms with Gasteiger partial charge in [-0.15, -0.1) is 0 Å². The predicted octanol–water partition coefficient (Wildman–Crippen LogP) is 2.03. The second kappa shape index (κ2) is 6.24. The summed E-state index contributed by atoms with van der Waals surface area (Å²) in [4.78, 5) is 2.32. The summed E-state index contributed by atoms with van der Waals surface area (Å²) in [6.45, 7) is 5.28. The van der Waals surface area contributed by atoms with Crippen molar-refractivity contribution in [3.63, 3.8) is 0 Å². The van der Waals surface area contributed by atoms with E-state index in [2.05, 4.69) is 18.9 Å². The molecule has 0 aromatic carbocycles. The van der Waals surface area contributed by atoms with Crippen LogP contribution >= 0.6 is 0 Å². The minimum Gasteiger partial charge on any atom is -0.418 e. The number of ether oxygens (including phenoxy) is 1. The molecule has 1 aliphatic heterocycles. The Hall–Kier alpha value is -0.295. The molecule has 1 unspecified atom stereocenters. The molecule has 0 N–H and O–H groups in total. The Morgan fingerprint density at radius 1 is 1.36 bits per heavy atom. The van der Waals surface area contributed by atoms with Gasteiger partial charge in [0, 0.05) is 13.1 Å². The maximum Gasteiger partial charge on any atom is 0.673 e. The largest absolute Gasteiger partial charge is 0.673 e. The van der Waals surface area contributed by atoms with E-state index in [0.717, 1.165) is 26.1 Å². The summed E-state index contributed by atoms with van der Waals surface area (Å²) in [5.41, 5.74) is 0. The Labute approximate surface area is 81.3 Å². The highest BCUT2D eigenvalue weighted by Crippen LogP contribution is 2.06. The number of halogens is 4. The van der Waals surface area contributed by atoms with Crippen LogP contribution < -0.4 is 0 Å². The van der Waals surface area contributed by atoms with Crippen molar-refractivity contribution in [1.29, 1.82) is 0 Å². The molecule has 0 saturated carbocycles. The SMILES string of the molecule is CCC1CN(C)CCO1.F[B-](F)(F)F. The van der Waals surface area contributed by atoms with Crippen LogP contribution in [-0.4, -0.2) is 45.0 Å². The van der Waals surface area contributed by atoms with Crippen LogP contribution in [0.2, 0.25) is 0 Å². The summed E-state index contributed by atoms with van der Waals surface area (Å²) in [7, 11) is -3.86. The number of hydrogen-bond acceptors (Lipinski definition) is 2. The fourth-order valence-electron chi connectivity index (χ4n) is 1.11. The molecule has 1 heterocycles. The fraction of sp³-hybridized carbons (Fsp3) is 1.00. The second-order valence-electron chi connectivity index (χ2n) is 3.16. The van der Waals surface area contributed by atoms with Crippen LogP contribution in [0.15, 0.2) is 0 Å². The van der Waals surface area contributed by atoms with Crippen molar-refractivity contribution in [3.8, 4) is 0 Å². The highest BCUT2D eigenvalue weighted by molar-refractivity contribution is 6.50. The Morgan fingerprint density at radius 2 is 1.86 bits per heavy atom. The van der Waals surface area contributed by atoms with Gasteiger partial charge in [0.2, 0.25) is 0 Å². The minimum atomic E-state index is -6.00. The van der Waals surface area contributed by atoms with Crippen LogP contribution in [0.1, 0.15) is 13.3 Å². The van der Waals surface area contributed by atoms with Crippen molar-refractivity contribution in [2.24, 2.45) is 0 Å². The van der Waals surface area contributed by atoms with Crippen molar-refractivity contribution >= 4 is 7.25 Å². The average molecular weight is 216 g/mol. The van der Waals surface area contributed by atoms with Crippen LogP contribution in [0.5, 0.6) is 0 Å². The molecule has 86 valence electrons. The normalized spacial score (nSPS) is 24.0. The quantitative estimate of drug-likeness (QED) is 0.491. The monoisotopic (exact) mass is 216 g/mol. The lowest BCUT2D eigenvalue weighted by Crippen LogP contribution is -2.39. The van der Waals surface area contributed by atoms with Crippen molar-refractivity contribution in [3.05, 3.63) is 0 Å². The molecule has 0 bridgehead atoms. The molecule has 14 heavy (non-hydrogen) atoms. The molecule has 0 aromatic rings. The molecule has 0 spiro atoms. The van der Waals surface area contributed by atoms with Gasteiger partial charge in [-0.25, -0.2) is 0 Å². The zero-order valence-corrected chi connectivity index (χ0v) is 8.35. The maximum absolute atomic E-state index is 9.75. The van der Waals surface area contributed by atoms with Gasteiger partial charge >= 0.3 is 7.25 Å². The van der Waals surface area contributed by atoms with Gasteiger partial charge in [0.15, 0.2) is 0 Å². The molecule has 0 radical (unpaired) electrons. The van der Waals surface area contributed by atoms with Gasteiger partial charge in [-0.2, -0.15) is 0 Å². The van der Waals surface area contributed by atoms with Gasteiger partial charge < -0.3 is 26.9 Å². The number of rotatable bonds is 1. The van der Waals surface area contributed by atoms with Gasteiger partial charge in [0.05, 0.1) is 12.7 Å². The summed E-state index contributed by atoms with van der Waals surface area (Å²) < 4.78 is 44.5. The van der Waals surface area contributed by atoms with Crippen molar-refractivity contribution in [2.45, 2.75) is 19.4 Å². The van der Waals surface area contributed by atoms with E-state index in [-0.39, 0.29) is 0 Å². The van der Waals surface area contributed by atoms with Gasteiger partial charge in [-0.3, -0.25) is 0 Å². The highest BCUT2D eigenvalue weighted by atomic mass is 19.5. The average Bonchev–Trinajstić information content (AvgIpc) is 2.01. The lowest BCUT2D eigenvalue weighted by Gasteiger charge is -2.29. The van der Waals surface area contributed by atoms with E-state index in [4.69, 9.17) is 4.74 Å². The van der Waals surface area contributed by atoms with E-state index in [0.29, 0.717) is 6.10 Å². The van der Waals surface area contributed by atoms with Crippen molar-refractivity contribution in [2.75, 3.05) is 26.7 Å². The molecule has 1 atom stereocenters. The van der Waals surface area contributed by atoms with E-state index in [9.17, 15) is 17.3 Å². The predicted molar refractivity (Wildman–Crippen MR) is 47.7 cm³/mol. The highest BCUT2D eigenvalue weighted by Gasteiger charge is 2.20. The molecule has 1 aliphatic rings. The number of nitrogens with zero attached hydrogens (tertiary/aromatic N) is 1. The fourth-order valence-corrected chi connectivity index (χ4v) is 1.11. The van der Waals surface area contributed by atoms with Gasteiger partial charge in [0.1, 0.15) is 0 Å². The molecule has 0 aromatic heterocycles. The van der Waals surface area contributed by atoms with Gasteiger partial charge in [0.25, 0.3) is 0 Å². The third-order valence-electron chi connectivity index (χ3n) is 1.80. The number of likely N-dealkylation sites (N-methyl/N-ethyl adjacent to an activating group) is 1. The minimum absolute atomic E-state index is 0.490. The summed E-state index contributed by atoms with van der Waals surface area (Å²) in [6, 6.07) is 0. The zero-order chi connectivity index (χ0) is 11.2. The number of morpholine rings is 1. The third kappa shape index (κ3) is 9.79. The lowest BCUT2D eigenvalue weighted by atomic mass is 10.2. The van der Waals surface area contributed by atoms with Crippen molar-refractivity contribution < 1.29 is 22.0 Å². The first kappa shape index (κ1) is 13.7. The van der Waals surface area contributed by atoms with Crippen LogP contribution in [-0.2, 0) is 4.74 Å². The molecule has 1 fully saturated rings. The van der Waals surface area contributed by atoms with Crippen LogP contribution in [0.25, 0.3) is 0 Å². The van der Waals surface area contributed by atoms with E-state index in [1.54, 1.807) is 0 Å². The van der Waals surface area contributed by atoms with Crippen LogP contribution in [0.4, 0.5) is 17.3 Å². The topological polar surface area (TPSA) is 12.5 Å². The molecule has 2 nitrogen and oxygen atoms in total. The second-order valence-corrected chi connectivity index (χ2v) is 3.16. The van der Waals surface area contributed by atoms with E-state index in [1.807, 2.05) is 0 Å². The van der Waals surface area contributed by atoms with E-state index in [1.165, 1.54) is 0 Å². The lowest BCUT2D eigenvalue weighted by molar-refractivity contribution is -0.0206. The Morgan fingerprint density at radius 3 is 2.14 bits per heavy atom. The summed E-state index contributed by atoms with van der Waals surface area (Å²) in [5, 5.41) is 0. The van der Waals surface area contributed by atoms with E-state index >= 15 is 0 Å². The van der Waals surface area contributed by atoms with Gasteiger partial charge in [-0.05, 0) is 13.5 Å². The molecular formula is C7H15BF4NO-. The first-order chi connectivity index (χ1) is 6.33.